The van der Waals surface area contributed by atoms with Gasteiger partial charge in [-0.2, -0.15) is 0 Å². The normalized spacial score (nSPS) is 34.4. The van der Waals surface area contributed by atoms with Gasteiger partial charge in [-0.3, -0.25) is 4.79 Å². The van der Waals surface area contributed by atoms with Gasteiger partial charge in [0.15, 0.2) is 0 Å². The van der Waals surface area contributed by atoms with Crippen molar-refractivity contribution < 1.29 is 9.90 Å². The summed E-state index contributed by atoms with van der Waals surface area (Å²) in [6.07, 6.45) is 7.41. The van der Waals surface area contributed by atoms with Crippen LogP contribution in [0.1, 0.15) is 51.9 Å². The Morgan fingerprint density at radius 1 is 1.19 bits per heavy atom. The van der Waals surface area contributed by atoms with Crippen LogP contribution in [-0.2, 0) is 4.79 Å². The quantitative estimate of drug-likeness (QED) is 0.837. The third-order valence-corrected chi connectivity index (χ3v) is 5.61. The smallest absolute Gasteiger partial charge is 0.222 e. The van der Waals surface area contributed by atoms with Crippen LogP contribution >= 0.6 is 12.4 Å². The van der Waals surface area contributed by atoms with Crippen molar-refractivity contribution >= 4 is 18.3 Å². The monoisotopic (exact) mass is 316 g/mol. The van der Waals surface area contributed by atoms with Gasteiger partial charge in [-0.05, 0) is 57.3 Å². The van der Waals surface area contributed by atoms with Crippen LogP contribution in [0, 0.1) is 11.8 Å². The molecule has 3 heterocycles. The van der Waals surface area contributed by atoms with E-state index in [0.29, 0.717) is 29.8 Å². The maximum Gasteiger partial charge on any atom is 0.222 e. The summed E-state index contributed by atoms with van der Waals surface area (Å²) in [6.45, 7) is 3.55. The van der Waals surface area contributed by atoms with Crippen molar-refractivity contribution in [3.05, 3.63) is 0 Å². The van der Waals surface area contributed by atoms with E-state index in [4.69, 9.17) is 0 Å². The second-order valence-corrected chi connectivity index (χ2v) is 7.14. The van der Waals surface area contributed by atoms with Crippen molar-refractivity contribution in [2.75, 3.05) is 13.1 Å². The van der Waals surface area contributed by atoms with E-state index in [0.717, 1.165) is 32.4 Å². The highest BCUT2D eigenvalue weighted by Crippen LogP contribution is 2.33. The molecule has 3 unspecified atom stereocenters. The number of nitrogens with zero attached hydrogens (tertiary/aromatic N) is 1. The first-order chi connectivity index (χ1) is 9.61. The van der Waals surface area contributed by atoms with E-state index >= 15 is 0 Å². The summed E-state index contributed by atoms with van der Waals surface area (Å²) in [4.78, 5) is 14.5. The lowest BCUT2D eigenvalue weighted by molar-refractivity contribution is -0.134. The zero-order valence-corrected chi connectivity index (χ0v) is 13.8. The average molecular weight is 317 g/mol. The molecule has 0 saturated carbocycles. The highest BCUT2D eigenvalue weighted by Gasteiger charge is 2.35. The molecule has 0 aliphatic carbocycles. The Hall–Kier alpha value is -0.320. The Morgan fingerprint density at radius 2 is 1.76 bits per heavy atom. The maximum atomic E-state index is 12.4. The maximum absolute atomic E-state index is 12.4. The van der Waals surface area contributed by atoms with E-state index in [2.05, 4.69) is 5.32 Å². The molecule has 3 atom stereocenters. The molecule has 122 valence electrons. The van der Waals surface area contributed by atoms with Crippen molar-refractivity contribution in [1.82, 2.24) is 10.2 Å². The topological polar surface area (TPSA) is 52.6 Å². The number of aliphatic hydroxyl groups is 1. The molecule has 5 heteroatoms. The van der Waals surface area contributed by atoms with Gasteiger partial charge < -0.3 is 15.3 Å². The lowest BCUT2D eigenvalue weighted by Gasteiger charge is -2.35. The first-order valence-corrected chi connectivity index (χ1v) is 8.33. The SMILES string of the molecule is CC(O)C1CCN(C(=O)CC2CC3CCC(C2)N3)CC1.Cl. The molecule has 0 spiro atoms. The number of likely N-dealkylation sites (tertiary alicyclic amines) is 1. The largest absolute Gasteiger partial charge is 0.393 e. The van der Waals surface area contributed by atoms with Gasteiger partial charge in [0.2, 0.25) is 5.91 Å². The van der Waals surface area contributed by atoms with Crippen LogP contribution < -0.4 is 5.32 Å². The minimum atomic E-state index is -0.229. The molecule has 3 fully saturated rings. The van der Waals surface area contributed by atoms with Gasteiger partial charge in [-0.1, -0.05) is 0 Å². The fraction of sp³-hybridized carbons (Fsp3) is 0.938. The molecule has 2 bridgehead atoms. The first kappa shape index (κ1) is 17.0. The van der Waals surface area contributed by atoms with Crippen molar-refractivity contribution in [2.45, 2.75) is 70.1 Å². The van der Waals surface area contributed by atoms with Crippen LogP contribution in [0.2, 0.25) is 0 Å². The number of aliphatic hydroxyl groups excluding tert-OH is 1. The van der Waals surface area contributed by atoms with Crippen molar-refractivity contribution in [2.24, 2.45) is 11.8 Å². The highest BCUT2D eigenvalue weighted by atomic mass is 35.5. The van der Waals surface area contributed by atoms with Crippen LogP contribution in [-0.4, -0.2) is 47.2 Å². The van der Waals surface area contributed by atoms with Crippen LogP contribution in [0.25, 0.3) is 0 Å². The van der Waals surface area contributed by atoms with Crippen molar-refractivity contribution in [1.29, 1.82) is 0 Å². The lowest BCUT2D eigenvalue weighted by atomic mass is 9.88. The fourth-order valence-electron chi connectivity index (χ4n) is 4.35. The number of hydrogen-bond donors (Lipinski definition) is 2. The molecule has 0 aromatic heterocycles. The number of amides is 1. The summed E-state index contributed by atoms with van der Waals surface area (Å²) in [5.74, 6) is 1.32. The van der Waals surface area contributed by atoms with Gasteiger partial charge in [0.1, 0.15) is 0 Å². The van der Waals surface area contributed by atoms with Gasteiger partial charge in [-0.25, -0.2) is 0 Å². The van der Waals surface area contributed by atoms with Crippen LogP contribution in [0.15, 0.2) is 0 Å². The number of fused-ring (bicyclic) bond motifs is 2. The minimum absolute atomic E-state index is 0. The van der Waals surface area contributed by atoms with Crippen LogP contribution in [0.5, 0.6) is 0 Å². The number of carbonyl (C=O) groups excluding carboxylic acids is 1. The van der Waals surface area contributed by atoms with E-state index in [-0.39, 0.29) is 18.5 Å². The molecule has 0 aromatic carbocycles. The Morgan fingerprint density at radius 3 is 2.29 bits per heavy atom. The zero-order valence-electron chi connectivity index (χ0n) is 13.0. The number of hydrogen-bond acceptors (Lipinski definition) is 3. The fourth-order valence-corrected chi connectivity index (χ4v) is 4.35. The predicted molar refractivity (Wildman–Crippen MR) is 85.5 cm³/mol. The standard InChI is InChI=1S/C16H28N2O2.ClH/c1-11(19)13-4-6-18(7-5-13)16(20)10-12-8-14-2-3-15(9-12)17-14;/h11-15,17,19H,2-10H2,1H3;1H. The zero-order chi connectivity index (χ0) is 14.1. The van der Waals surface area contributed by atoms with Gasteiger partial charge in [-0.15, -0.1) is 12.4 Å². The first-order valence-electron chi connectivity index (χ1n) is 8.33. The molecule has 3 aliphatic heterocycles. The third-order valence-electron chi connectivity index (χ3n) is 5.61. The Balaban J connectivity index is 0.00000161. The summed E-state index contributed by atoms with van der Waals surface area (Å²) in [5, 5.41) is 13.3. The van der Waals surface area contributed by atoms with Gasteiger partial charge in [0.05, 0.1) is 6.10 Å². The Kier molecular flexibility index (Phi) is 5.92. The molecule has 0 aromatic rings. The summed E-state index contributed by atoms with van der Waals surface area (Å²) >= 11 is 0. The second-order valence-electron chi connectivity index (χ2n) is 7.14. The Bertz CT molecular complexity index is 344. The predicted octanol–water partition coefficient (Wildman–Crippen LogP) is 1.95. The summed E-state index contributed by atoms with van der Waals surface area (Å²) < 4.78 is 0. The van der Waals surface area contributed by atoms with Crippen LogP contribution in [0.4, 0.5) is 0 Å². The van der Waals surface area contributed by atoms with E-state index in [1.54, 1.807) is 0 Å². The van der Waals surface area contributed by atoms with E-state index in [1.807, 2.05) is 11.8 Å². The molecule has 1 amide bonds. The minimum Gasteiger partial charge on any atom is -0.393 e. The van der Waals surface area contributed by atoms with Gasteiger partial charge in [0, 0.05) is 31.6 Å². The summed E-state index contributed by atoms with van der Waals surface area (Å²) in [6, 6.07) is 1.35. The van der Waals surface area contributed by atoms with E-state index in [9.17, 15) is 9.90 Å². The third kappa shape index (κ3) is 4.11. The number of carbonyl (C=O) groups is 1. The summed E-state index contributed by atoms with van der Waals surface area (Å²) in [5.41, 5.74) is 0. The van der Waals surface area contributed by atoms with E-state index < -0.39 is 0 Å². The Labute approximate surface area is 134 Å². The summed E-state index contributed by atoms with van der Waals surface area (Å²) in [7, 11) is 0. The van der Waals surface area contributed by atoms with Crippen molar-refractivity contribution in [3.63, 3.8) is 0 Å². The molecule has 21 heavy (non-hydrogen) atoms. The number of halogens is 1. The van der Waals surface area contributed by atoms with E-state index in [1.165, 1.54) is 25.7 Å². The molecule has 3 rings (SSSR count). The number of piperidine rings is 2. The molecule has 0 radical (unpaired) electrons. The molecular weight excluding hydrogens is 288 g/mol. The molecule has 3 saturated heterocycles. The highest BCUT2D eigenvalue weighted by molar-refractivity contribution is 5.85. The van der Waals surface area contributed by atoms with Gasteiger partial charge >= 0.3 is 0 Å². The number of nitrogens with one attached hydrogen (secondary N) is 1. The van der Waals surface area contributed by atoms with Crippen LogP contribution in [0.3, 0.4) is 0 Å². The van der Waals surface area contributed by atoms with Crippen molar-refractivity contribution in [3.8, 4) is 0 Å². The second kappa shape index (κ2) is 7.30. The lowest BCUT2D eigenvalue weighted by Crippen LogP contribution is -2.43. The molecular formula is C16H29ClN2O2. The molecule has 4 nitrogen and oxygen atoms in total. The molecule has 3 aliphatic rings. The average Bonchev–Trinajstić information content (AvgIpc) is 2.78. The molecule has 2 N–H and O–H groups in total. The number of rotatable bonds is 3. The van der Waals surface area contributed by atoms with Gasteiger partial charge in [0.25, 0.3) is 0 Å².